The summed E-state index contributed by atoms with van der Waals surface area (Å²) in [4.78, 5) is 11.0. The van der Waals surface area contributed by atoms with Crippen LogP contribution in [0.2, 0.25) is 0 Å². The number of nitrogens with zero attached hydrogens (tertiary/aromatic N) is 3. The fourth-order valence-electron chi connectivity index (χ4n) is 3.87. The van der Waals surface area contributed by atoms with Crippen LogP contribution in [0.5, 0.6) is 5.75 Å². The first-order valence-corrected chi connectivity index (χ1v) is 10.3. The summed E-state index contributed by atoms with van der Waals surface area (Å²) >= 11 is 0. The number of fused-ring (bicyclic) bond motifs is 1. The molecule has 0 radical (unpaired) electrons. The number of hydrogen-bond donors (Lipinski definition) is 1. The lowest BCUT2D eigenvalue weighted by Crippen LogP contribution is -2.16. The van der Waals surface area contributed by atoms with Gasteiger partial charge in [-0.05, 0) is 44.2 Å². The third kappa shape index (κ3) is 4.28. The van der Waals surface area contributed by atoms with Crippen LogP contribution in [0, 0.1) is 6.92 Å². The molecule has 0 spiro atoms. The van der Waals surface area contributed by atoms with Crippen LogP contribution < -0.4 is 10.5 Å². The molecule has 4 rings (SSSR count). The lowest BCUT2D eigenvalue weighted by atomic mass is 9.97. The quantitative estimate of drug-likeness (QED) is 0.495. The summed E-state index contributed by atoms with van der Waals surface area (Å²) in [5.41, 5.74) is 8.70. The topological polar surface area (TPSA) is 64.3 Å². The summed E-state index contributed by atoms with van der Waals surface area (Å²) in [5.74, 6) is 1.02. The van der Waals surface area contributed by atoms with E-state index in [1.165, 1.54) is 6.07 Å². The van der Waals surface area contributed by atoms with E-state index in [4.69, 9.17) is 10.5 Å². The second kappa shape index (κ2) is 8.27. The molecule has 0 atom stereocenters. The number of ether oxygens (including phenoxy) is 1. The van der Waals surface area contributed by atoms with E-state index in [2.05, 4.69) is 16.5 Å². The third-order valence-electron chi connectivity index (χ3n) is 5.46. The molecule has 0 bridgehead atoms. The van der Waals surface area contributed by atoms with Crippen molar-refractivity contribution in [3.63, 3.8) is 0 Å². The molecule has 33 heavy (non-hydrogen) atoms. The molecule has 5 nitrogen and oxygen atoms in total. The molecular weight excluding hydrogens is 429 g/mol. The standard InChI is InChI=1S/C25H23F3N4O/c1-5-32-13-16(7-6-14(32)2)20-11-21-22(12-23(20)33-4)30-15(3)31-24(21)17-8-18(25(26,27)28)10-19(29)9-17/h6-13H,2,5,29H2,1,3-4H3. The lowest BCUT2D eigenvalue weighted by Gasteiger charge is -2.24. The normalized spacial score (nSPS) is 14.1. The van der Waals surface area contributed by atoms with Crippen LogP contribution in [0.1, 0.15) is 23.9 Å². The van der Waals surface area contributed by atoms with Crippen LogP contribution in [0.4, 0.5) is 18.9 Å². The second-order valence-electron chi connectivity index (χ2n) is 7.73. The summed E-state index contributed by atoms with van der Waals surface area (Å²) in [6.07, 6.45) is 1.26. The Balaban J connectivity index is 1.98. The minimum Gasteiger partial charge on any atom is -0.496 e. The molecule has 1 aromatic heterocycles. The highest BCUT2D eigenvalue weighted by molar-refractivity contribution is 5.97. The first kappa shape index (κ1) is 22.4. The Morgan fingerprint density at radius 1 is 1.09 bits per heavy atom. The molecule has 0 saturated heterocycles. The monoisotopic (exact) mass is 452 g/mol. The SMILES string of the molecule is C=C1C=CC(c2cc3c(-c4cc(N)cc(C(F)(F)F)c4)nc(C)nc3cc2OC)=CN1CC. The van der Waals surface area contributed by atoms with Crippen molar-refractivity contribution in [2.45, 2.75) is 20.0 Å². The van der Waals surface area contributed by atoms with Crippen LogP contribution >= 0.6 is 0 Å². The molecule has 0 unspecified atom stereocenters. The molecule has 3 aromatic rings. The number of aryl methyl sites for hydroxylation is 1. The van der Waals surface area contributed by atoms with Gasteiger partial charge in [-0.3, -0.25) is 0 Å². The van der Waals surface area contributed by atoms with E-state index < -0.39 is 11.7 Å². The van der Waals surface area contributed by atoms with E-state index in [-0.39, 0.29) is 11.3 Å². The minimum atomic E-state index is -4.53. The number of anilines is 1. The van der Waals surface area contributed by atoms with Crippen LogP contribution in [0.3, 0.4) is 0 Å². The van der Waals surface area contributed by atoms with E-state index in [1.807, 2.05) is 36.2 Å². The molecule has 0 aliphatic carbocycles. The first-order chi connectivity index (χ1) is 15.6. The van der Waals surface area contributed by atoms with E-state index in [0.717, 1.165) is 35.5 Å². The van der Waals surface area contributed by atoms with Gasteiger partial charge in [-0.1, -0.05) is 12.7 Å². The number of nitrogens with two attached hydrogens (primary N) is 1. The molecule has 8 heteroatoms. The van der Waals surface area contributed by atoms with Crippen molar-refractivity contribution in [1.29, 1.82) is 0 Å². The van der Waals surface area contributed by atoms with Crippen molar-refractivity contribution in [2.75, 3.05) is 19.4 Å². The molecule has 0 saturated carbocycles. The maximum Gasteiger partial charge on any atom is 0.416 e. The van der Waals surface area contributed by atoms with Crippen molar-refractivity contribution in [3.05, 3.63) is 77.9 Å². The Bertz CT molecular complexity index is 1330. The molecule has 1 aliphatic rings. The van der Waals surface area contributed by atoms with E-state index in [1.54, 1.807) is 20.1 Å². The molecule has 2 N–H and O–H groups in total. The molecule has 0 fully saturated rings. The zero-order chi connectivity index (χ0) is 23.9. The summed E-state index contributed by atoms with van der Waals surface area (Å²) in [7, 11) is 1.57. The molecule has 170 valence electrons. The molecule has 2 heterocycles. The number of likely N-dealkylation sites (N-methyl/N-ethyl adjacent to an activating group) is 1. The fraction of sp³-hybridized carbons (Fsp3) is 0.200. The maximum absolute atomic E-state index is 13.4. The number of alkyl halides is 3. The average Bonchev–Trinajstić information content (AvgIpc) is 2.77. The maximum atomic E-state index is 13.4. The Morgan fingerprint density at radius 2 is 1.85 bits per heavy atom. The number of rotatable bonds is 4. The lowest BCUT2D eigenvalue weighted by molar-refractivity contribution is -0.137. The highest BCUT2D eigenvalue weighted by Gasteiger charge is 2.31. The van der Waals surface area contributed by atoms with Crippen molar-refractivity contribution < 1.29 is 17.9 Å². The van der Waals surface area contributed by atoms with E-state index in [0.29, 0.717) is 28.2 Å². The van der Waals surface area contributed by atoms with Crippen molar-refractivity contribution in [2.24, 2.45) is 0 Å². The molecule has 2 aromatic carbocycles. The number of halogens is 3. The van der Waals surface area contributed by atoms with Gasteiger partial charge in [0.2, 0.25) is 0 Å². The Morgan fingerprint density at radius 3 is 2.52 bits per heavy atom. The summed E-state index contributed by atoms with van der Waals surface area (Å²) in [6, 6.07) is 7.08. The summed E-state index contributed by atoms with van der Waals surface area (Å²) in [5, 5.41) is 0.594. The largest absolute Gasteiger partial charge is 0.496 e. The van der Waals surface area contributed by atoms with Crippen LogP contribution in [0.15, 0.2) is 61.0 Å². The van der Waals surface area contributed by atoms with E-state index >= 15 is 0 Å². The van der Waals surface area contributed by atoms with Gasteiger partial charge in [0, 0.05) is 52.3 Å². The second-order valence-corrected chi connectivity index (χ2v) is 7.73. The predicted octanol–water partition coefficient (Wildman–Crippen LogP) is 5.96. The van der Waals surface area contributed by atoms with Crippen LogP contribution in [-0.4, -0.2) is 28.5 Å². The van der Waals surface area contributed by atoms with Crippen molar-refractivity contribution >= 4 is 22.2 Å². The number of hydrogen-bond acceptors (Lipinski definition) is 5. The van der Waals surface area contributed by atoms with Gasteiger partial charge in [0.25, 0.3) is 0 Å². The van der Waals surface area contributed by atoms with Gasteiger partial charge >= 0.3 is 6.18 Å². The van der Waals surface area contributed by atoms with Gasteiger partial charge in [-0.2, -0.15) is 13.2 Å². The van der Waals surface area contributed by atoms with Gasteiger partial charge < -0.3 is 15.4 Å². The van der Waals surface area contributed by atoms with Crippen molar-refractivity contribution in [3.8, 4) is 17.0 Å². The van der Waals surface area contributed by atoms with Gasteiger partial charge in [-0.15, -0.1) is 0 Å². The third-order valence-corrected chi connectivity index (χ3v) is 5.46. The van der Waals surface area contributed by atoms with Crippen molar-refractivity contribution in [1.82, 2.24) is 14.9 Å². The summed E-state index contributed by atoms with van der Waals surface area (Å²) in [6.45, 7) is 8.47. The molecule has 0 amide bonds. The highest BCUT2D eigenvalue weighted by atomic mass is 19.4. The minimum absolute atomic E-state index is 0.00741. The zero-order valence-electron chi connectivity index (χ0n) is 18.5. The number of methoxy groups -OCH3 is 1. The molecule has 1 aliphatic heterocycles. The Hall–Kier alpha value is -3.81. The molecular formula is C25H23F3N4O. The highest BCUT2D eigenvalue weighted by Crippen LogP contribution is 2.39. The first-order valence-electron chi connectivity index (χ1n) is 10.3. The van der Waals surface area contributed by atoms with Gasteiger partial charge in [0.15, 0.2) is 0 Å². The Labute approximate surface area is 189 Å². The van der Waals surface area contributed by atoms with Crippen LogP contribution in [-0.2, 0) is 6.18 Å². The number of allylic oxidation sites excluding steroid dienone is 3. The van der Waals surface area contributed by atoms with Crippen LogP contribution in [0.25, 0.3) is 27.7 Å². The number of nitrogen functional groups attached to an aromatic ring is 1. The van der Waals surface area contributed by atoms with Gasteiger partial charge in [0.1, 0.15) is 11.6 Å². The predicted molar refractivity (Wildman–Crippen MR) is 124 cm³/mol. The number of aromatic nitrogens is 2. The van der Waals surface area contributed by atoms with Gasteiger partial charge in [-0.25, -0.2) is 9.97 Å². The summed E-state index contributed by atoms with van der Waals surface area (Å²) < 4.78 is 45.9. The van der Waals surface area contributed by atoms with Gasteiger partial charge in [0.05, 0.1) is 23.9 Å². The zero-order valence-corrected chi connectivity index (χ0v) is 18.5. The fourth-order valence-corrected chi connectivity index (χ4v) is 3.87. The Kier molecular flexibility index (Phi) is 5.61. The van der Waals surface area contributed by atoms with E-state index in [9.17, 15) is 13.2 Å². The number of benzene rings is 2. The average molecular weight is 452 g/mol. The smallest absolute Gasteiger partial charge is 0.416 e.